The molecule has 4 nitrogen and oxygen atoms in total. The van der Waals surface area contributed by atoms with Gasteiger partial charge in [0.05, 0.1) is 17.3 Å². The zero-order valence-electron chi connectivity index (χ0n) is 11.9. The molecular weight excluding hydrogens is 536 g/mol. The fourth-order valence-corrected chi connectivity index (χ4v) is 5.14. The van der Waals surface area contributed by atoms with E-state index in [4.69, 9.17) is 0 Å². The Morgan fingerprint density at radius 2 is 1.14 bits per heavy atom. The Labute approximate surface area is 158 Å². The van der Waals surface area contributed by atoms with Crippen molar-refractivity contribution in [2.24, 2.45) is 10.8 Å². The lowest BCUT2D eigenvalue weighted by atomic mass is 10.1. The van der Waals surface area contributed by atoms with E-state index < -0.39 is 0 Å². The first-order valence-electron chi connectivity index (χ1n) is 6.79. The number of carbonyl (C=O) groups is 2. The van der Waals surface area contributed by atoms with Crippen LogP contribution in [0.5, 0.6) is 0 Å². The summed E-state index contributed by atoms with van der Waals surface area (Å²) in [5.74, 6) is 0.0772. The molecule has 2 atom stereocenters. The molecule has 0 radical (unpaired) electrons. The average molecular weight is 554 g/mol. The molecule has 0 bridgehead atoms. The van der Waals surface area contributed by atoms with Gasteiger partial charge in [0.25, 0.3) is 0 Å². The van der Waals surface area contributed by atoms with E-state index in [-0.39, 0.29) is 29.1 Å². The third kappa shape index (κ3) is 3.38. The van der Waals surface area contributed by atoms with Gasteiger partial charge in [-0.1, -0.05) is 63.7 Å². The van der Waals surface area contributed by atoms with Crippen LogP contribution in [-0.4, -0.2) is 31.4 Å². The highest BCUT2D eigenvalue weighted by Crippen LogP contribution is 2.67. The van der Waals surface area contributed by atoms with Crippen LogP contribution in [0.3, 0.4) is 0 Å². The summed E-state index contributed by atoms with van der Waals surface area (Å²) in [4.78, 5) is 24.0. The zero-order valence-corrected chi connectivity index (χ0v) is 18.2. The Hall–Kier alpha value is 0.860. The SMILES string of the molecule is C[C@]1(C(=O)NCCCNC(=O)[C@@]2(C)CC2(Br)Br)CC1(Br)Br. The molecule has 120 valence electrons. The molecule has 0 aliphatic heterocycles. The molecule has 0 heterocycles. The summed E-state index contributed by atoms with van der Waals surface area (Å²) in [5, 5.41) is 5.83. The van der Waals surface area contributed by atoms with Gasteiger partial charge in [-0.05, 0) is 33.1 Å². The third-order valence-electron chi connectivity index (χ3n) is 4.44. The fraction of sp³-hybridized carbons (Fsp3) is 0.846. The summed E-state index contributed by atoms with van der Waals surface area (Å²) in [6.45, 7) is 4.98. The molecule has 0 spiro atoms. The third-order valence-corrected chi connectivity index (χ3v) is 9.06. The summed E-state index contributed by atoms with van der Waals surface area (Å²) < 4.78 is -0.526. The molecule has 21 heavy (non-hydrogen) atoms. The topological polar surface area (TPSA) is 58.2 Å². The van der Waals surface area contributed by atoms with Crippen molar-refractivity contribution in [3.8, 4) is 0 Å². The molecule has 0 aromatic carbocycles. The zero-order chi connectivity index (χ0) is 16.1. The number of hydrogen-bond acceptors (Lipinski definition) is 2. The Balaban J connectivity index is 1.61. The first-order chi connectivity index (χ1) is 9.46. The lowest BCUT2D eigenvalue weighted by Gasteiger charge is -2.14. The number of hydrogen-bond donors (Lipinski definition) is 2. The molecule has 2 saturated carbocycles. The molecule has 8 heteroatoms. The number of nitrogens with one attached hydrogen (secondary N) is 2. The molecule has 2 amide bonds. The largest absolute Gasteiger partial charge is 0.355 e. The van der Waals surface area contributed by atoms with Gasteiger partial charge >= 0.3 is 0 Å². The Bertz CT molecular complexity index is 441. The van der Waals surface area contributed by atoms with Crippen LogP contribution < -0.4 is 10.6 Å². The monoisotopic (exact) mass is 550 g/mol. The number of alkyl halides is 4. The minimum absolute atomic E-state index is 0.0386. The van der Waals surface area contributed by atoms with Crippen LogP contribution >= 0.6 is 63.7 Å². The molecule has 0 aromatic heterocycles. The first-order valence-corrected chi connectivity index (χ1v) is 9.96. The predicted octanol–water partition coefficient (Wildman–Crippen LogP) is 3.40. The van der Waals surface area contributed by atoms with Crippen LogP contribution in [0.4, 0.5) is 0 Å². The summed E-state index contributed by atoms with van der Waals surface area (Å²) in [6, 6.07) is 0. The average Bonchev–Trinajstić information content (AvgIpc) is 3.08. The summed E-state index contributed by atoms with van der Waals surface area (Å²) in [7, 11) is 0. The maximum atomic E-state index is 12.0. The van der Waals surface area contributed by atoms with E-state index in [1.54, 1.807) is 0 Å². The van der Waals surface area contributed by atoms with Crippen molar-refractivity contribution >= 4 is 75.5 Å². The van der Waals surface area contributed by atoms with Crippen LogP contribution in [0.25, 0.3) is 0 Å². The van der Waals surface area contributed by atoms with Crippen LogP contribution in [0.1, 0.15) is 33.1 Å². The minimum Gasteiger partial charge on any atom is -0.355 e. The second kappa shape index (κ2) is 5.74. The maximum absolute atomic E-state index is 12.0. The van der Waals surface area contributed by atoms with Crippen LogP contribution in [0, 0.1) is 10.8 Å². The quantitative estimate of drug-likeness (QED) is 0.391. The summed E-state index contributed by atoms with van der Waals surface area (Å²) in [5.41, 5.74) is -0.771. The number of rotatable bonds is 6. The number of amides is 2. The highest BCUT2D eigenvalue weighted by atomic mass is 79.9. The Morgan fingerprint density at radius 3 is 1.38 bits per heavy atom. The first kappa shape index (κ1) is 18.2. The lowest BCUT2D eigenvalue weighted by Crippen LogP contribution is -2.37. The summed E-state index contributed by atoms with van der Waals surface area (Å²) >= 11 is 13.9. The molecule has 2 aliphatic rings. The van der Waals surface area contributed by atoms with Gasteiger partial charge in [-0.25, -0.2) is 0 Å². The van der Waals surface area contributed by atoms with Crippen molar-refractivity contribution in [2.45, 2.75) is 39.6 Å². The van der Waals surface area contributed by atoms with E-state index >= 15 is 0 Å². The summed E-state index contributed by atoms with van der Waals surface area (Å²) in [6.07, 6.45) is 2.28. The smallest absolute Gasteiger partial charge is 0.228 e. The van der Waals surface area contributed by atoms with E-state index in [1.165, 1.54) is 0 Å². The van der Waals surface area contributed by atoms with Gasteiger partial charge < -0.3 is 10.6 Å². The van der Waals surface area contributed by atoms with Crippen molar-refractivity contribution in [2.75, 3.05) is 13.1 Å². The lowest BCUT2D eigenvalue weighted by molar-refractivity contribution is -0.125. The Kier molecular flexibility index (Phi) is 4.98. The van der Waals surface area contributed by atoms with Gasteiger partial charge in [0.2, 0.25) is 11.8 Å². The second-order valence-corrected chi connectivity index (χ2v) is 13.8. The Morgan fingerprint density at radius 1 is 0.857 bits per heavy atom. The van der Waals surface area contributed by atoms with Crippen LogP contribution in [0.2, 0.25) is 0 Å². The van der Waals surface area contributed by atoms with E-state index in [1.807, 2.05) is 13.8 Å². The maximum Gasteiger partial charge on any atom is 0.228 e. The van der Waals surface area contributed by atoms with Gasteiger partial charge in [0, 0.05) is 13.1 Å². The highest BCUT2D eigenvalue weighted by Gasteiger charge is 2.67. The molecular formula is C13H18Br4N2O2. The number of halogens is 4. The van der Waals surface area contributed by atoms with Gasteiger partial charge in [0.15, 0.2) is 0 Å². The van der Waals surface area contributed by atoms with Gasteiger partial charge in [-0.2, -0.15) is 0 Å². The molecule has 0 unspecified atom stereocenters. The molecule has 2 fully saturated rings. The van der Waals surface area contributed by atoms with E-state index in [9.17, 15) is 9.59 Å². The molecule has 0 aromatic rings. The van der Waals surface area contributed by atoms with Gasteiger partial charge in [0.1, 0.15) is 0 Å². The van der Waals surface area contributed by atoms with Crippen molar-refractivity contribution in [3.05, 3.63) is 0 Å². The normalized spacial score (nSPS) is 35.0. The standard InChI is InChI=1S/C13H18Br4N2O2/c1-10(6-12(10,14)15)8(20)18-4-3-5-19-9(21)11(2)7-13(11,16)17/h3-7H2,1-2H3,(H,18,20)(H,19,21)/t10-,11-/m1/s1. The minimum atomic E-state index is -0.386. The van der Waals surface area contributed by atoms with Crippen LogP contribution in [-0.2, 0) is 9.59 Å². The van der Waals surface area contributed by atoms with E-state index in [0.717, 1.165) is 19.3 Å². The molecule has 2 aliphatic carbocycles. The predicted molar refractivity (Wildman–Crippen MR) is 97.3 cm³/mol. The van der Waals surface area contributed by atoms with Crippen molar-refractivity contribution in [3.63, 3.8) is 0 Å². The fourth-order valence-electron chi connectivity index (χ4n) is 2.17. The van der Waals surface area contributed by atoms with Crippen molar-refractivity contribution < 1.29 is 9.59 Å². The van der Waals surface area contributed by atoms with Crippen molar-refractivity contribution in [1.82, 2.24) is 10.6 Å². The van der Waals surface area contributed by atoms with Gasteiger partial charge in [-0.15, -0.1) is 0 Å². The van der Waals surface area contributed by atoms with Crippen LogP contribution in [0.15, 0.2) is 0 Å². The van der Waals surface area contributed by atoms with Gasteiger partial charge in [-0.3, -0.25) is 9.59 Å². The molecule has 0 saturated heterocycles. The molecule has 2 N–H and O–H groups in total. The highest BCUT2D eigenvalue weighted by molar-refractivity contribution is 9.26. The second-order valence-electron chi connectivity index (χ2n) is 6.29. The van der Waals surface area contributed by atoms with Crippen molar-refractivity contribution in [1.29, 1.82) is 0 Å². The van der Waals surface area contributed by atoms with E-state index in [2.05, 4.69) is 74.4 Å². The number of carbonyl (C=O) groups excluding carboxylic acids is 2. The molecule has 2 rings (SSSR count). The van der Waals surface area contributed by atoms with E-state index in [0.29, 0.717) is 13.1 Å².